The van der Waals surface area contributed by atoms with Crippen LogP contribution in [0.1, 0.15) is 27.2 Å². The first-order valence-electron chi connectivity index (χ1n) is 5.67. The molecule has 17 heavy (non-hydrogen) atoms. The number of nitrogens with two attached hydrogens (primary N) is 1. The Morgan fingerprint density at radius 3 is 2.71 bits per heavy atom. The van der Waals surface area contributed by atoms with E-state index in [2.05, 4.69) is 5.16 Å². The van der Waals surface area contributed by atoms with Crippen molar-refractivity contribution in [2.75, 3.05) is 20.2 Å². The van der Waals surface area contributed by atoms with Crippen LogP contribution in [0.25, 0.3) is 0 Å². The Morgan fingerprint density at radius 1 is 1.53 bits per heavy atom. The van der Waals surface area contributed by atoms with E-state index in [1.165, 1.54) is 7.11 Å². The van der Waals surface area contributed by atoms with E-state index in [1.807, 2.05) is 20.8 Å². The molecule has 0 saturated carbocycles. The Bertz CT molecular complexity index is 310. The number of ether oxygens (including phenoxy) is 1. The van der Waals surface area contributed by atoms with Crippen LogP contribution in [0.2, 0.25) is 0 Å². The lowest BCUT2D eigenvalue weighted by atomic mass is 10.0. The van der Waals surface area contributed by atoms with E-state index in [0.717, 1.165) is 0 Å². The van der Waals surface area contributed by atoms with E-state index < -0.39 is 5.60 Å². The molecule has 1 fully saturated rings. The first-order chi connectivity index (χ1) is 7.83. The van der Waals surface area contributed by atoms with Crippen LogP contribution in [0.3, 0.4) is 0 Å². The van der Waals surface area contributed by atoms with Gasteiger partial charge in [-0.3, -0.25) is 0 Å². The van der Waals surface area contributed by atoms with Gasteiger partial charge in [-0.25, -0.2) is 4.79 Å². The average molecular weight is 243 g/mol. The van der Waals surface area contributed by atoms with E-state index in [4.69, 9.17) is 15.3 Å². The molecule has 1 aliphatic rings. The summed E-state index contributed by atoms with van der Waals surface area (Å²) in [6.07, 6.45) is 0.328. The number of amides is 1. The molecule has 1 saturated heterocycles. The Balaban J connectivity index is 2.62. The van der Waals surface area contributed by atoms with Crippen molar-refractivity contribution in [2.45, 2.75) is 38.8 Å². The van der Waals surface area contributed by atoms with Crippen molar-refractivity contribution in [3.05, 3.63) is 0 Å². The zero-order valence-corrected chi connectivity index (χ0v) is 10.9. The minimum Gasteiger partial charge on any atom is -0.444 e. The monoisotopic (exact) mass is 243 g/mol. The minimum absolute atomic E-state index is 0.145. The summed E-state index contributed by atoms with van der Waals surface area (Å²) in [5.74, 6) is 0. The van der Waals surface area contributed by atoms with Gasteiger partial charge in [-0.15, -0.1) is 0 Å². The molecule has 1 aliphatic heterocycles. The molecule has 1 unspecified atom stereocenters. The van der Waals surface area contributed by atoms with Crippen molar-refractivity contribution in [1.29, 1.82) is 0 Å². The van der Waals surface area contributed by atoms with Crippen LogP contribution in [0.5, 0.6) is 0 Å². The summed E-state index contributed by atoms with van der Waals surface area (Å²) in [5, 5.41) is 3.84. The molecule has 1 heterocycles. The van der Waals surface area contributed by atoms with Crippen LogP contribution in [0.15, 0.2) is 5.16 Å². The molecule has 98 valence electrons. The standard InChI is InChI=1S/C11H21N3O3/c1-11(2,3)17-10(15)14-6-5-8(12)9(7-14)13-16-4/h8H,5-7,12H2,1-4H3/b13-9-. The van der Waals surface area contributed by atoms with Gasteiger partial charge >= 0.3 is 6.09 Å². The maximum atomic E-state index is 11.8. The lowest BCUT2D eigenvalue weighted by Gasteiger charge is -2.32. The first-order valence-corrected chi connectivity index (χ1v) is 5.67. The number of likely N-dealkylation sites (tertiary alicyclic amines) is 1. The Labute approximate surface area is 102 Å². The van der Waals surface area contributed by atoms with Crippen LogP contribution < -0.4 is 5.73 Å². The van der Waals surface area contributed by atoms with Crippen molar-refractivity contribution in [1.82, 2.24) is 4.90 Å². The number of carbonyl (C=O) groups excluding carboxylic acids is 1. The average Bonchev–Trinajstić information content (AvgIpc) is 2.19. The second kappa shape index (κ2) is 5.35. The smallest absolute Gasteiger partial charge is 0.410 e. The maximum absolute atomic E-state index is 11.8. The highest BCUT2D eigenvalue weighted by Crippen LogP contribution is 2.13. The van der Waals surface area contributed by atoms with Gasteiger partial charge in [0.2, 0.25) is 0 Å². The Kier molecular flexibility index (Phi) is 4.34. The van der Waals surface area contributed by atoms with Gasteiger partial charge in [0, 0.05) is 12.6 Å². The molecule has 0 aromatic rings. The number of hydrogen-bond donors (Lipinski definition) is 1. The third-order valence-corrected chi connectivity index (χ3v) is 2.35. The molecule has 0 aromatic heterocycles. The summed E-state index contributed by atoms with van der Waals surface area (Å²) < 4.78 is 5.29. The van der Waals surface area contributed by atoms with E-state index >= 15 is 0 Å². The lowest BCUT2D eigenvalue weighted by Crippen LogP contribution is -2.51. The number of carbonyl (C=O) groups is 1. The largest absolute Gasteiger partial charge is 0.444 e. The summed E-state index contributed by atoms with van der Waals surface area (Å²) in [6.45, 7) is 6.46. The van der Waals surface area contributed by atoms with Crippen LogP contribution in [0, 0.1) is 0 Å². The fourth-order valence-corrected chi connectivity index (χ4v) is 1.55. The maximum Gasteiger partial charge on any atom is 0.410 e. The second-order valence-corrected chi connectivity index (χ2v) is 5.06. The molecule has 2 N–H and O–H groups in total. The summed E-state index contributed by atoms with van der Waals surface area (Å²) in [4.78, 5) is 18.1. The second-order valence-electron chi connectivity index (χ2n) is 5.06. The molecule has 0 bridgehead atoms. The summed E-state index contributed by atoms with van der Waals surface area (Å²) in [7, 11) is 1.46. The fourth-order valence-electron chi connectivity index (χ4n) is 1.55. The number of nitrogens with zero attached hydrogens (tertiary/aromatic N) is 2. The quantitative estimate of drug-likeness (QED) is 0.696. The molecule has 1 atom stereocenters. The summed E-state index contributed by atoms with van der Waals surface area (Å²) in [5.41, 5.74) is 6.05. The lowest BCUT2D eigenvalue weighted by molar-refractivity contribution is 0.0261. The van der Waals surface area contributed by atoms with E-state index in [0.29, 0.717) is 25.2 Å². The van der Waals surface area contributed by atoms with Crippen molar-refractivity contribution in [3.8, 4) is 0 Å². The van der Waals surface area contributed by atoms with Gasteiger partial charge in [0.1, 0.15) is 12.7 Å². The third-order valence-electron chi connectivity index (χ3n) is 2.35. The molecule has 0 radical (unpaired) electrons. The predicted octanol–water partition coefficient (Wildman–Crippen LogP) is 0.957. The fraction of sp³-hybridized carbons (Fsp3) is 0.818. The van der Waals surface area contributed by atoms with Crippen LogP contribution in [-0.2, 0) is 9.57 Å². The topological polar surface area (TPSA) is 77.1 Å². The number of piperidine rings is 1. The first kappa shape index (κ1) is 13.8. The molecule has 1 amide bonds. The van der Waals surface area contributed by atoms with Gasteiger partial charge < -0.3 is 20.2 Å². The van der Waals surface area contributed by atoms with E-state index in [-0.39, 0.29) is 12.1 Å². The van der Waals surface area contributed by atoms with Crippen molar-refractivity contribution >= 4 is 11.8 Å². The van der Waals surface area contributed by atoms with Crippen LogP contribution in [0.4, 0.5) is 4.79 Å². The zero-order chi connectivity index (χ0) is 13.1. The van der Waals surface area contributed by atoms with Crippen LogP contribution in [-0.4, -0.2) is 48.5 Å². The molecule has 0 aromatic carbocycles. The molecule has 1 rings (SSSR count). The van der Waals surface area contributed by atoms with Gasteiger partial charge in [-0.1, -0.05) is 5.16 Å². The summed E-state index contributed by atoms with van der Waals surface area (Å²) in [6, 6.07) is -0.145. The Hall–Kier alpha value is -1.30. The van der Waals surface area contributed by atoms with Gasteiger partial charge in [-0.05, 0) is 27.2 Å². The van der Waals surface area contributed by atoms with Crippen molar-refractivity contribution in [2.24, 2.45) is 10.9 Å². The van der Waals surface area contributed by atoms with Gasteiger partial charge in [-0.2, -0.15) is 0 Å². The molecular weight excluding hydrogens is 222 g/mol. The van der Waals surface area contributed by atoms with Crippen molar-refractivity contribution < 1.29 is 14.4 Å². The highest BCUT2D eigenvalue weighted by molar-refractivity contribution is 5.93. The predicted molar refractivity (Wildman–Crippen MR) is 64.8 cm³/mol. The summed E-state index contributed by atoms with van der Waals surface area (Å²) >= 11 is 0. The molecule has 6 nitrogen and oxygen atoms in total. The Morgan fingerprint density at radius 2 is 2.18 bits per heavy atom. The number of hydrogen-bond acceptors (Lipinski definition) is 5. The van der Waals surface area contributed by atoms with Gasteiger partial charge in [0.05, 0.1) is 12.3 Å². The SMILES string of the molecule is CO/N=C1/CN(C(=O)OC(C)(C)C)CCC1N. The third kappa shape index (κ3) is 4.22. The van der Waals surface area contributed by atoms with Crippen LogP contribution >= 0.6 is 0 Å². The normalized spacial score (nSPS) is 23.7. The number of rotatable bonds is 1. The molecule has 0 aliphatic carbocycles. The highest BCUT2D eigenvalue weighted by atomic mass is 16.6. The van der Waals surface area contributed by atoms with E-state index in [1.54, 1.807) is 4.90 Å². The molecular formula is C11H21N3O3. The van der Waals surface area contributed by atoms with Gasteiger partial charge in [0.15, 0.2) is 0 Å². The molecule has 6 heteroatoms. The highest BCUT2D eigenvalue weighted by Gasteiger charge is 2.29. The van der Waals surface area contributed by atoms with E-state index in [9.17, 15) is 4.79 Å². The minimum atomic E-state index is -0.491. The molecule has 0 spiro atoms. The number of oxime groups is 1. The van der Waals surface area contributed by atoms with Crippen molar-refractivity contribution in [3.63, 3.8) is 0 Å². The van der Waals surface area contributed by atoms with Gasteiger partial charge in [0.25, 0.3) is 0 Å². The zero-order valence-electron chi connectivity index (χ0n) is 10.9.